The van der Waals surface area contributed by atoms with E-state index in [0.29, 0.717) is 32.6 Å². The number of hydrogen-bond acceptors (Lipinski definition) is 4. The Hall–Kier alpha value is -4.98. The maximum absolute atomic E-state index is 14.5. The van der Waals surface area contributed by atoms with Crippen molar-refractivity contribution in [1.29, 1.82) is 0 Å². The quantitative estimate of drug-likeness (QED) is 0.185. The molecule has 1 saturated heterocycles. The van der Waals surface area contributed by atoms with E-state index in [1.165, 1.54) is 0 Å². The van der Waals surface area contributed by atoms with Crippen molar-refractivity contribution < 1.29 is 14.4 Å². The first-order valence-electron chi connectivity index (χ1n) is 14.0. The summed E-state index contributed by atoms with van der Waals surface area (Å²) in [6, 6.07) is 32.5. The fraction of sp³-hybridized carbons (Fsp3) is 0.0857. The molecule has 1 aliphatic heterocycles. The third kappa shape index (κ3) is 4.44. The fourth-order valence-corrected chi connectivity index (χ4v) is 6.84. The Morgan fingerprint density at radius 3 is 1.75 bits per heavy atom. The standard InChI is InChI=1S/C35H24Cl2N4O3/c36-24-15-11-20(12-16-24)19-26-28(21-7-3-1-4-8-21)35(32(42)38-34(44)39-33(35)43)29(22-9-5-2-6-10-22)27-30(40-41-31(26)27)23-13-17-25(37)18-14-23/h1-19,28-29H,(H,40,41)(H2,38,39,42,43,44)/b26-19-. The second-order valence-corrected chi connectivity index (χ2v) is 11.7. The molecule has 2 atom stereocenters. The molecule has 216 valence electrons. The van der Waals surface area contributed by atoms with E-state index < -0.39 is 35.1 Å². The Labute approximate surface area is 262 Å². The second kappa shape index (κ2) is 10.9. The van der Waals surface area contributed by atoms with Crippen molar-refractivity contribution in [2.75, 3.05) is 0 Å². The summed E-state index contributed by atoms with van der Waals surface area (Å²) < 4.78 is 0. The summed E-state index contributed by atoms with van der Waals surface area (Å²) in [5, 5.41) is 14.1. The van der Waals surface area contributed by atoms with Gasteiger partial charge in [0, 0.05) is 27.4 Å². The van der Waals surface area contributed by atoms with Crippen molar-refractivity contribution in [2.24, 2.45) is 5.41 Å². The number of barbiturate groups is 1. The van der Waals surface area contributed by atoms with E-state index in [0.717, 1.165) is 22.3 Å². The third-order valence-corrected chi connectivity index (χ3v) is 8.89. The summed E-state index contributed by atoms with van der Waals surface area (Å²) in [4.78, 5) is 41.7. The number of hydrogen-bond donors (Lipinski definition) is 3. The lowest BCUT2D eigenvalue weighted by molar-refractivity contribution is -0.146. The number of halogens is 2. The minimum atomic E-state index is -1.83. The van der Waals surface area contributed by atoms with Gasteiger partial charge in [0.15, 0.2) is 5.41 Å². The molecule has 9 heteroatoms. The Morgan fingerprint density at radius 1 is 0.659 bits per heavy atom. The molecule has 4 aromatic carbocycles. The van der Waals surface area contributed by atoms with E-state index >= 15 is 0 Å². The van der Waals surface area contributed by atoms with E-state index in [1.807, 2.05) is 91.0 Å². The van der Waals surface area contributed by atoms with Crippen molar-refractivity contribution in [3.63, 3.8) is 0 Å². The van der Waals surface area contributed by atoms with E-state index in [2.05, 4.69) is 15.7 Å². The first-order chi connectivity index (χ1) is 21.4. The predicted octanol–water partition coefficient (Wildman–Crippen LogP) is 7.21. The molecule has 1 aromatic heterocycles. The van der Waals surface area contributed by atoms with Crippen LogP contribution >= 0.6 is 23.2 Å². The molecule has 3 N–H and O–H groups in total. The molecule has 2 heterocycles. The van der Waals surface area contributed by atoms with Crippen molar-refractivity contribution in [1.82, 2.24) is 20.8 Å². The lowest BCUT2D eigenvalue weighted by atomic mass is 9.52. The average molecular weight is 620 g/mol. The number of nitrogens with one attached hydrogen (secondary N) is 3. The number of urea groups is 1. The number of allylic oxidation sites excluding steroid dienone is 1. The molecule has 0 saturated carbocycles. The highest BCUT2D eigenvalue weighted by molar-refractivity contribution is 6.31. The number of carbonyl (C=O) groups excluding carboxylic acids is 3. The minimum absolute atomic E-state index is 0.565. The summed E-state index contributed by atoms with van der Waals surface area (Å²) in [5.74, 6) is -3.06. The summed E-state index contributed by atoms with van der Waals surface area (Å²) >= 11 is 12.5. The molecule has 1 aliphatic carbocycles. The number of nitrogens with zero attached hydrogens (tertiary/aromatic N) is 1. The maximum Gasteiger partial charge on any atom is 0.328 e. The van der Waals surface area contributed by atoms with Gasteiger partial charge in [-0.3, -0.25) is 25.3 Å². The van der Waals surface area contributed by atoms with Gasteiger partial charge in [-0.25, -0.2) is 4.79 Å². The van der Waals surface area contributed by atoms with Gasteiger partial charge in [-0.2, -0.15) is 5.10 Å². The van der Waals surface area contributed by atoms with Crippen LogP contribution in [-0.4, -0.2) is 28.0 Å². The first-order valence-corrected chi connectivity index (χ1v) is 14.7. The Morgan fingerprint density at radius 2 is 1.18 bits per heavy atom. The molecule has 0 radical (unpaired) electrons. The molecule has 1 fully saturated rings. The van der Waals surface area contributed by atoms with Crippen molar-refractivity contribution in [3.05, 3.63) is 147 Å². The van der Waals surface area contributed by atoms with Gasteiger partial charge >= 0.3 is 6.03 Å². The smallest absolute Gasteiger partial charge is 0.277 e. The summed E-state index contributed by atoms with van der Waals surface area (Å²) in [5.41, 5.74) is 3.72. The highest BCUT2D eigenvalue weighted by Gasteiger charge is 2.65. The zero-order chi connectivity index (χ0) is 30.4. The largest absolute Gasteiger partial charge is 0.328 e. The number of fused-ring (bicyclic) bond motifs is 1. The SMILES string of the molecule is O=C1NC(=O)C2(C(=O)N1)C(c1ccccc1)/C(=C/c1ccc(Cl)cc1)c1n[nH]c(-c3ccc(Cl)cc3)c1C2c1ccccc1. The molecule has 7 nitrogen and oxygen atoms in total. The monoisotopic (exact) mass is 618 g/mol. The molecule has 1 spiro atoms. The summed E-state index contributed by atoms with van der Waals surface area (Å²) in [6.45, 7) is 0. The lowest BCUT2D eigenvalue weighted by Crippen LogP contribution is -2.67. The predicted molar refractivity (Wildman–Crippen MR) is 170 cm³/mol. The normalized spacial score (nSPS) is 19.9. The van der Waals surface area contributed by atoms with E-state index in [-0.39, 0.29) is 0 Å². The number of imide groups is 2. The average Bonchev–Trinajstić information content (AvgIpc) is 3.47. The fourth-order valence-electron chi connectivity index (χ4n) is 6.59. The number of aromatic amines is 1. The van der Waals surface area contributed by atoms with Crippen LogP contribution < -0.4 is 10.6 Å². The van der Waals surface area contributed by atoms with Crippen LogP contribution in [0.5, 0.6) is 0 Å². The van der Waals surface area contributed by atoms with Gasteiger partial charge in [-0.05, 0) is 58.2 Å². The molecule has 7 rings (SSSR count). The number of amides is 4. The summed E-state index contributed by atoms with van der Waals surface area (Å²) in [6.07, 6.45) is 1.93. The van der Waals surface area contributed by atoms with Crippen molar-refractivity contribution in [3.8, 4) is 11.3 Å². The van der Waals surface area contributed by atoms with Crippen LogP contribution in [0.25, 0.3) is 22.9 Å². The van der Waals surface area contributed by atoms with Gasteiger partial charge in [0.25, 0.3) is 0 Å². The van der Waals surface area contributed by atoms with E-state index in [4.69, 9.17) is 28.3 Å². The maximum atomic E-state index is 14.5. The Balaban J connectivity index is 1.64. The molecule has 4 amide bonds. The summed E-state index contributed by atoms with van der Waals surface area (Å²) in [7, 11) is 0. The number of rotatable bonds is 4. The van der Waals surface area contributed by atoms with Crippen LogP contribution in [0.4, 0.5) is 4.79 Å². The van der Waals surface area contributed by atoms with Crippen LogP contribution in [0, 0.1) is 5.41 Å². The molecule has 0 bridgehead atoms. The lowest BCUT2D eigenvalue weighted by Gasteiger charge is -2.49. The molecule has 2 unspecified atom stereocenters. The van der Waals surface area contributed by atoms with Crippen molar-refractivity contribution in [2.45, 2.75) is 11.8 Å². The van der Waals surface area contributed by atoms with Gasteiger partial charge in [-0.1, -0.05) is 108 Å². The molecule has 2 aliphatic rings. The number of benzene rings is 4. The Bertz CT molecular complexity index is 1920. The highest BCUT2D eigenvalue weighted by Crippen LogP contribution is 2.62. The van der Waals surface area contributed by atoms with Gasteiger partial charge in [0.2, 0.25) is 11.8 Å². The van der Waals surface area contributed by atoms with E-state index in [9.17, 15) is 14.4 Å². The minimum Gasteiger partial charge on any atom is -0.277 e. The second-order valence-electron chi connectivity index (χ2n) is 10.8. The molecule has 44 heavy (non-hydrogen) atoms. The van der Waals surface area contributed by atoms with Crippen LogP contribution in [0.1, 0.15) is 39.8 Å². The zero-order valence-electron chi connectivity index (χ0n) is 23.1. The van der Waals surface area contributed by atoms with Crippen LogP contribution in [0.3, 0.4) is 0 Å². The number of H-pyrrole nitrogens is 1. The van der Waals surface area contributed by atoms with Crippen LogP contribution in [0.15, 0.2) is 109 Å². The van der Waals surface area contributed by atoms with Gasteiger partial charge in [-0.15, -0.1) is 0 Å². The topological polar surface area (TPSA) is 104 Å². The van der Waals surface area contributed by atoms with Crippen LogP contribution in [0.2, 0.25) is 10.0 Å². The van der Waals surface area contributed by atoms with Crippen LogP contribution in [-0.2, 0) is 9.59 Å². The molecule has 5 aromatic rings. The zero-order valence-corrected chi connectivity index (χ0v) is 24.6. The number of aromatic nitrogens is 2. The van der Waals surface area contributed by atoms with Gasteiger partial charge < -0.3 is 0 Å². The molecular weight excluding hydrogens is 595 g/mol. The van der Waals surface area contributed by atoms with E-state index in [1.54, 1.807) is 24.3 Å². The van der Waals surface area contributed by atoms with Crippen molar-refractivity contribution >= 4 is 52.7 Å². The Kier molecular flexibility index (Phi) is 6.92. The third-order valence-electron chi connectivity index (χ3n) is 8.38. The molecular formula is C35H24Cl2N4O3. The number of carbonyl (C=O) groups is 3. The van der Waals surface area contributed by atoms with Gasteiger partial charge in [0.1, 0.15) is 0 Å². The van der Waals surface area contributed by atoms with Gasteiger partial charge in [0.05, 0.1) is 11.4 Å². The highest BCUT2D eigenvalue weighted by atomic mass is 35.5. The first kappa shape index (κ1) is 27.8.